The van der Waals surface area contributed by atoms with Crippen molar-refractivity contribution in [2.75, 3.05) is 24.6 Å². The van der Waals surface area contributed by atoms with Gasteiger partial charge in [-0.15, -0.1) is 0 Å². The van der Waals surface area contributed by atoms with Gasteiger partial charge in [-0.3, -0.25) is 19.2 Å². The van der Waals surface area contributed by atoms with Crippen LogP contribution in [0, 0.1) is 11.7 Å². The van der Waals surface area contributed by atoms with Gasteiger partial charge in [-0.1, -0.05) is 41.3 Å². The molecule has 0 radical (unpaired) electrons. The monoisotopic (exact) mass is 553 g/mol. The maximum atomic E-state index is 13.8. The number of hydrogen-bond acceptors (Lipinski definition) is 7. The number of carbonyl (C=O) groups is 3. The summed E-state index contributed by atoms with van der Waals surface area (Å²) >= 11 is 2.18. The number of H-pyrrole nitrogens is 1. The average Bonchev–Trinajstić information content (AvgIpc) is 3.43. The van der Waals surface area contributed by atoms with Crippen molar-refractivity contribution in [2.24, 2.45) is 5.92 Å². The highest BCUT2D eigenvalue weighted by atomic mass is 32.2. The number of thiazole rings is 1. The SMILES string of the molecule is O=C(COc1ccccc1[C@H]1c2sc(=O)[nH]c2SC2C(=O)N(c3ccc(F)cc3)C(=O)C21)N1CCCCC1. The van der Waals surface area contributed by atoms with Crippen LogP contribution in [0.2, 0.25) is 0 Å². The minimum atomic E-state index is -0.806. The molecule has 196 valence electrons. The molecule has 3 atom stereocenters. The molecule has 4 heterocycles. The molecule has 0 aliphatic carbocycles. The summed E-state index contributed by atoms with van der Waals surface area (Å²) in [6.45, 7) is 1.28. The highest BCUT2D eigenvalue weighted by Crippen LogP contribution is 2.54. The zero-order chi connectivity index (χ0) is 26.4. The molecule has 6 rings (SSSR count). The Kier molecular flexibility index (Phi) is 6.56. The zero-order valence-corrected chi connectivity index (χ0v) is 21.9. The van der Waals surface area contributed by atoms with Gasteiger partial charge in [-0.25, -0.2) is 9.29 Å². The first-order valence-electron chi connectivity index (χ1n) is 12.4. The summed E-state index contributed by atoms with van der Waals surface area (Å²) in [5, 5.41) is -0.231. The maximum absolute atomic E-state index is 13.8. The summed E-state index contributed by atoms with van der Waals surface area (Å²) in [5.74, 6) is -2.42. The molecule has 3 aliphatic heterocycles. The third-order valence-electron chi connectivity index (χ3n) is 7.22. The first kappa shape index (κ1) is 24.9. The number of anilines is 1. The lowest BCUT2D eigenvalue weighted by Crippen LogP contribution is -2.38. The van der Waals surface area contributed by atoms with Crippen LogP contribution in [0.5, 0.6) is 5.75 Å². The van der Waals surface area contributed by atoms with Crippen molar-refractivity contribution in [1.29, 1.82) is 0 Å². The van der Waals surface area contributed by atoms with E-state index in [4.69, 9.17) is 4.74 Å². The van der Waals surface area contributed by atoms with E-state index in [9.17, 15) is 23.6 Å². The van der Waals surface area contributed by atoms with E-state index in [0.29, 0.717) is 40.0 Å². The molecule has 1 aromatic heterocycles. The Bertz CT molecular complexity index is 1460. The number of ether oxygens (including phenoxy) is 1. The van der Waals surface area contributed by atoms with Crippen LogP contribution in [0.25, 0.3) is 0 Å². The number of nitrogens with one attached hydrogen (secondary N) is 1. The number of nitrogens with zero attached hydrogens (tertiary/aromatic N) is 2. The van der Waals surface area contributed by atoms with Crippen LogP contribution in [-0.2, 0) is 14.4 Å². The molecule has 2 fully saturated rings. The molecule has 11 heteroatoms. The number of carbonyl (C=O) groups excluding carboxylic acids is 3. The third-order valence-corrected chi connectivity index (χ3v) is 9.62. The highest BCUT2D eigenvalue weighted by molar-refractivity contribution is 8.00. The smallest absolute Gasteiger partial charge is 0.305 e. The van der Waals surface area contributed by atoms with Crippen LogP contribution < -0.4 is 14.5 Å². The van der Waals surface area contributed by atoms with E-state index < -0.39 is 34.7 Å². The number of halogens is 1. The van der Waals surface area contributed by atoms with E-state index in [0.717, 1.165) is 35.5 Å². The molecular weight excluding hydrogens is 529 g/mol. The van der Waals surface area contributed by atoms with E-state index >= 15 is 0 Å². The quantitative estimate of drug-likeness (QED) is 0.483. The number of imide groups is 1. The topological polar surface area (TPSA) is 99.8 Å². The van der Waals surface area contributed by atoms with Gasteiger partial charge in [0.1, 0.15) is 16.8 Å². The van der Waals surface area contributed by atoms with Gasteiger partial charge in [0.2, 0.25) is 11.8 Å². The number of hydrogen-bond donors (Lipinski definition) is 1. The second-order valence-corrected chi connectivity index (χ2v) is 11.7. The van der Waals surface area contributed by atoms with E-state index in [2.05, 4.69) is 4.98 Å². The Morgan fingerprint density at radius 2 is 1.74 bits per heavy atom. The number of rotatable bonds is 5. The van der Waals surface area contributed by atoms with Crippen molar-refractivity contribution < 1.29 is 23.5 Å². The van der Waals surface area contributed by atoms with Crippen molar-refractivity contribution >= 4 is 46.5 Å². The lowest BCUT2D eigenvalue weighted by molar-refractivity contribution is -0.134. The third kappa shape index (κ3) is 4.33. The number of benzene rings is 2. The maximum Gasteiger partial charge on any atom is 0.305 e. The molecule has 0 spiro atoms. The second-order valence-electron chi connectivity index (χ2n) is 9.51. The minimum absolute atomic E-state index is 0.0989. The first-order valence-corrected chi connectivity index (χ1v) is 14.1. The molecule has 1 N–H and O–H groups in total. The van der Waals surface area contributed by atoms with Gasteiger partial charge in [0.05, 0.1) is 16.6 Å². The summed E-state index contributed by atoms with van der Waals surface area (Å²) in [6, 6.07) is 12.4. The van der Waals surface area contributed by atoms with Crippen LogP contribution in [0.3, 0.4) is 0 Å². The largest absolute Gasteiger partial charge is 0.483 e. The summed E-state index contributed by atoms with van der Waals surface area (Å²) in [5.41, 5.74) is 0.927. The molecule has 8 nitrogen and oxygen atoms in total. The van der Waals surface area contributed by atoms with Gasteiger partial charge in [0, 0.05) is 29.4 Å². The van der Waals surface area contributed by atoms with Gasteiger partial charge in [0.15, 0.2) is 6.61 Å². The normalized spacial score (nSPS) is 22.8. The zero-order valence-electron chi connectivity index (χ0n) is 20.2. The molecule has 0 saturated carbocycles. The summed E-state index contributed by atoms with van der Waals surface area (Å²) in [4.78, 5) is 58.6. The molecule has 38 heavy (non-hydrogen) atoms. The molecule has 2 unspecified atom stereocenters. The molecule has 3 amide bonds. The minimum Gasteiger partial charge on any atom is -0.483 e. The van der Waals surface area contributed by atoms with Gasteiger partial charge in [-0.2, -0.15) is 0 Å². The van der Waals surface area contributed by atoms with Gasteiger partial charge in [-0.05, 0) is 49.6 Å². The van der Waals surface area contributed by atoms with Crippen LogP contribution in [-0.4, -0.2) is 52.6 Å². The van der Waals surface area contributed by atoms with Gasteiger partial charge in [0.25, 0.3) is 5.91 Å². The Balaban J connectivity index is 1.36. The van der Waals surface area contributed by atoms with Crippen molar-refractivity contribution in [2.45, 2.75) is 35.5 Å². The van der Waals surface area contributed by atoms with Crippen LogP contribution in [0.15, 0.2) is 58.4 Å². The van der Waals surface area contributed by atoms with Crippen molar-refractivity contribution in [1.82, 2.24) is 9.88 Å². The standard InChI is InChI=1S/C27H24FN3O5S2/c28-15-8-10-16(11-9-15)31-25(33)21-20(22-24(29-27(35)38-22)37-23(21)26(31)34)17-6-2-3-7-18(17)36-14-19(32)30-12-4-1-5-13-30/h2-3,6-11,20-21,23H,1,4-5,12-14H2,(H,29,35)/t20-,21?,23?/m1/s1. The number of para-hydroxylation sites is 1. The lowest BCUT2D eigenvalue weighted by Gasteiger charge is -2.31. The van der Waals surface area contributed by atoms with Crippen LogP contribution in [0.1, 0.15) is 35.6 Å². The molecule has 0 bridgehead atoms. The average molecular weight is 554 g/mol. The Labute approximate surface area is 225 Å². The fourth-order valence-corrected chi connectivity index (χ4v) is 7.95. The number of likely N-dealkylation sites (tertiary alicyclic amines) is 1. The fraction of sp³-hybridized carbons (Fsp3) is 0.333. The fourth-order valence-electron chi connectivity index (χ4n) is 5.44. The van der Waals surface area contributed by atoms with Crippen LogP contribution >= 0.6 is 23.1 Å². The molecule has 2 aromatic carbocycles. The second kappa shape index (κ2) is 10.0. The van der Waals surface area contributed by atoms with E-state index in [1.54, 1.807) is 23.1 Å². The predicted octanol–water partition coefficient (Wildman–Crippen LogP) is 3.76. The number of aromatic amines is 1. The van der Waals surface area contributed by atoms with Gasteiger partial charge >= 0.3 is 4.87 Å². The van der Waals surface area contributed by atoms with Crippen LogP contribution in [0.4, 0.5) is 10.1 Å². The van der Waals surface area contributed by atoms with Crippen molar-refractivity contribution in [3.05, 3.63) is 74.5 Å². The Morgan fingerprint density at radius 3 is 2.50 bits per heavy atom. The lowest BCUT2D eigenvalue weighted by atomic mass is 9.82. The number of aromatic nitrogens is 1. The number of thioether (sulfide) groups is 1. The molecule has 3 aliphatic rings. The Morgan fingerprint density at radius 1 is 1.00 bits per heavy atom. The van der Waals surface area contributed by atoms with Gasteiger partial charge < -0.3 is 14.6 Å². The summed E-state index contributed by atoms with van der Waals surface area (Å²) in [6.07, 6.45) is 3.06. The summed E-state index contributed by atoms with van der Waals surface area (Å²) < 4.78 is 19.6. The van der Waals surface area contributed by atoms with E-state index in [1.165, 1.54) is 36.0 Å². The van der Waals surface area contributed by atoms with E-state index in [1.807, 2.05) is 6.07 Å². The number of piperidine rings is 1. The first-order chi connectivity index (χ1) is 18.4. The molecule has 2 saturated heterocycles. The molecular formula is C27H24FN3O5S2. The van der Waals surface area contributed by atoms with E-state index in [-0.39, 0.29) is 17.4 Å². The van der Waals surface area contributed by atoms with Crippen molar-refractivity contribution in [3.8, 4) is 5.75 Å². The summed E-state index contributed by atoms with van der Waals surface area (Å²) in [7, 11) is 0. The highest BCUT2D eigenvalue weighted by Gasteiger charge is 2.56. The molecule has 3 aromatic rings. The number of fused-ring (bicyclic) bond motifs is 2. The predicted molar refractivity (Wildman–Crippen MR) is 141 cm³/mol. The van der Waals surface area contributed by atoms with Crippen molar-refractivity contribution in [3.63, 3.8) is 0 Å². The number of amides is 3. The Hall–Kier alpha value is -3.44.